The molecule has 0 aliphatic heterocycles. The van der Waals surface area contributed by atoms with Gasteiger partial charge in [0.25, 0.3) is 0 Å². The molecule has 3 amide bonds. The molecule has 0 bridgehead atoms. The molecule has 0 aromatic rings. The van der Waals surface area contributed by atoms with Crippen molar-refractivity contribution in [3.8, 4) is 0 Å². The molecule has 0 aromatic carbocycles. The van der Waals surface area contributed by atoms with Crippen LogP contribution in [0.4, 0.5) is 0 Å². The quantitative estimate of drug-likeness (QED) is 0.177. The number of aliphatic carboxylic acids is 3. The zero-order chi connectivity index (χ0) is 22.0. The van der Waals surface area contributed by atoms with Gasteiger partial charge in [-0.25, -0.2) is 4.79 Å². The molecule has 8 N–H and O–H groups in total. The van der Waals surface area contributed by atoms with Gasteiger partial charge < -0.3 is 37.0 Å². The summed E-state index contributed by atoms with van der Waals surface area (Å²) in [7, 11) is 0. The number of carboxylic acid groups (broad SMARTS) is 3. The van der Waals surface area contributed by atoms with E-state index in [2.05, 4.69) is 10.6 Å². The van der Waals surface area contributed by atoms with E-state index in [-0.39, 0.29) is 12.8 Å². The Balaban J connectivity index is 4.63. The number of hydrogen-bond acceptors (Lipinski definition) is 7. The van der Waals surface area contributed by atoms with Crippen molar-refractivity contribution in [2.45, 2.75) is 57.3 Å². The highest BCUT2D eigenvalue weighted by molar-refractivity contribution is 5.94. The topological polar surface area (TPSA) is 225 Å². The summed E-state index contributed by atoms with van der Waals surface area (Å²) in [6.45, 7) is 2.53. The van der Waals surface area contributed by atoms with Crippen molar-refractivity contribution < 1.29 is 44.1 Å². The lowest BCUT2D eigenvalue weighted by molar-refractivity contribution is -0.147. The van der Waals surface area contributed by atoms with Crippen molar-refractivity contribution in [2.75, 3.05) is 0 Å². The van der Waals surface area contributed by atoms with Crippen LogP contribution in [0.25, 0.3) is 0 Å². The minimum absolute atomic E-state index is 0.130. The molecule has 4 atom stereocenters. The number of amides is 3. The molecule has 0 heterocycles. The summed E-state index contributed by atoms with van der Waals surface area (Å²) in [6, 6.07) is -5.15. The molecular weight excluding hydrogens is 380 g/mol. The predicted molar refractivity (Wildman–Crippen MR) is 91.9 cm³/mol. The van der Waals surface area contributed by atoms with Gasteiger partial charge in [-0.15, -0.1) is 0 Å². The average Bonchev–Trinajstić information content (AvgIpc) is 2.57. The summed E-state index contributed by atoms with van der Waals surface area (Å²) in [6.07, 6.45) is -1.30. The van der Waals surface area contributed by atoms with E-state index in [4.69, 9.17) is 21.1 Å². The highest BCUT2D eigenvalue weighted by Gasteiger charge is 2.27. The first-order chi connectivity index (χ1) is 12.8. The Kier molecular flexibility index (Phi) is 10.2. The predicted octanol–water partition coefficient (Wildman–Crippen LogP) is -2.77. The first-order valence-electron chi connectivity index (χ1n) is 8.18. The maximum Gasteiger partial charge on any atom is 0.326 e. The van der Waals surface area contributed by atoms with Crippen molar-refractivity contribution in [2.24, 2.45) is 5.73 Å². The average molecular weight is 404 g/mol. The normalized spacial score (nSPS) is 14.7. The lowest BCUT2D eigenvalue weighted by Gasteiger charge is -2.21. The highest BCUT2D eigenvalue weighted by atomic mass is 16.4. The first-order valence-corrected chi connectivity index (χ1v) is 8.18. The highest BCUT2D eigenvalue weighted by Crippen LogP contribution is 1.98. The third kappa shape index (κ3) is 9.47. The number of nitrogens with one attached hydrogen (secondary N) is 3. The van der Waals surface area contributed by atoms with E-state index in [1.165, 1.54) is 13.8 Å². The second kappa shape index (κ2) is 11.5. The van der Waals surface area contributed by atoms with Crippen LogP contribution in [-0.4, -0.2) is 75.1 Å². The number of hydrogen-bond donors (Lipinski definition) is 7. The third-order valence-corrected chi connectivity index (χ3v) is 3.50. The molecule has 0 saturated carbocycles. The molecule has 0 radical (unpaired) electrons. The largest absolute Gasteiger partial charge is 0.481 e. The van der Waals surface area contributed by atoms with Crippen molar-refractivity contribution in [1.29, 1.82) is 0 Å². The molecule has 0 fully saturated rings. The molecule has 0 saturated heterocycles. The number of carbonyl (C=O) groups is 6. The van der Waals surface area contributed by atoms with E-state index in [0.717, 1.165) is 0 Å². The second-order valence-electron chi connectivity index (χ2n) is 6.00. The standard InChI is InChI=1S/C15H24N4O9/c1-6(18-14(26)8(16)3-4-10(20)21)12(24)17-7(2)13(25)19-9(15(27)28)5-11(22)23/h6-9H,3-5,16H2,1-2H3,(H,17,24)(H,18,26)(H,19,25)(H,20,21)(H,22,23)(H,27,28). The van der Waals surface area contributed by atoms with Crippen LogP contribution in [0.3, 0.4) is 0 Å². The minimum atomic E-state index is -1.67. The molecule has 0 aliphatic carbocycles. The Morgan fingerprint density at radius 2 is 1.25 bits per heavy atom. The Morgan fingerprint density at radius 1 is 0.786 bits per heavy atom. The van der Waals surface area contributed by atoms with E-state index in [0.29, 0.717) is 0 Å². The zero-order valence-electron chi connectivity index (χ0n) is 15.3. The van der Waals surface area contributed by atoms with E-state index in [9.17, 15) is 28.8 Å². The van der Waals surface area contributed by atoms with Gasteiger partial charge >= 0.3 is 17.9 Å². The van der Waals surface area contributed by atoms with Gasteiger partial charge in [0.15, 0.2) is 0 Å². The van der Waals surface area contributed by atoms with Crippen LogP contribution < -0.4 is 21.7 Å². The third-order valence-electron chi connectivity index (χ3n) is 3.50. The minimum Gasteiger partial charge on any atom is -0.481 e. The SMILES string of the molecule is CC(NC(=O)C(N)CCC(=O)O)C(=O)NC(C)C(=O)NC(CC(=O)O)C(=O)O. The molecule has 13 heteroatoms. The molecule has 28 heavy (non-hydrogen) atoms. The van der Waals surface area contributed by atoms with E-state index >= 15 is 0 Å². The molecule has 4 unspecified atom stereocenters. The Hall–Kier alpha value is -3.22. The summed E-state index contributed by atoms with van der Waals surface area (Å²) in [5, 5.41) is 32.5. The van der Waals surface area contributed by atoms with Gasteiger partial charge in [0.1, 0.15) is 18.1 Å². The van der Waals surface area contributed by atoms with Gasteiger partial charge in [-0.05, 0) is 20.3 Å². The fourth-order valence-corrected chi connectivity index (χ4v) is 1.87. The maximum absolute atomic E-state index is 12.0. The molecule has 158 valence electrons. The lowest BCUT2D eigenvalue weighted by atomic mass is 10.1. The molecular formula is C15H24N4O9. The lowest BCUT2D eigenvalue weighted by Crippen LogP contribution is -2.55. The fraction of sp³-hybridized carbons (Fsp3) is 0.600. The zero-order valence-corrected chi connectivity index (χ0v) is 15.3. The first kappa shape index (κ1) is 24.8. The number of carboxylic acids is 3. The van der Waals surface area contributed by atoms with E-state index < -0.39 is 66.2 Å². The molecule has 0 aliphatic rings. The summed E-state index contributed by atoms with van der Waals surface area (Å²) in [5.41, 5.74) is 5.51. The summed E-state index contributed by atoms with van der Waals surface area (Å²) in [5.74, 6) is -6.58. The molecule has 0 spiro atoms. The van der Waals surface area contributed by atoms with Crippen LogP contribution in [0, 0.1) is 0 Å². The summed E-state index contributed by atoms with van der Waals surface area (Å²) >= 11 is 0. The second-order valence-corrected chi connectivity index (χ2v) is 6.00. The van der Waals surface area contributed by atoms with Crippen LogP contribution in [0.15, 0.2) is 0 Å². The van der Waals surface area contributed by atoms with E-state index in [1.54, 1.807) is 0 Å². The van der Waals surface area contributed by atoms with Crippen LogP contribution in [0.1, 0.15) is 33.1 Å². The summed E-state index contributed by atoms with van der Waals surface area (Å²) in [4.78, 5) is 67.8. The van der Waals surface area contributed by atoms with E-state index in [1.807, 2.05) is 5.32 Å². The monoisotopic (exact) mass is 404 g/mol. The molecule has 0 aromatic heterocycles. The van der Waals surface area contributed by atoms with Gasteiger partial charge in [0.2, 0.25) is 17.7 Å². The molecule has 0 rings (SSSR count). The van der Waals surface area contributed by atoms with Gasteiger partial charge in [-0.3, -0.25) is 24.0 Å². The maximum atomic E-state index is 12.0. The van der Waals surface area contributed by atoms with Gasteiger partial charge in [0.05, 0.1) is 12.5 Å². The number of carbonyl (C=O) groups excluding carboxylic acids is 3. The van der Waals surface area contributed by atoms with Crippen molar-refractivity contribution >= 4 is 35.6 Å². The Morgan fingerprint density at radius 3 is 1.68 bits per heavy atom. The number of nitrogens with two attached hydrogens (primary N) is 1. The van der Waals surface area contributed by atoms with Crippen LogP contribution in [0.2, 0.25) is 0 Å². The van der Waals surface area contributed by atoms with Gasteiger partial charge in [-0.2, -0.15) is 0 Å². The van der Waals surface area contributed by atoms with Crippen molar-refractivity contribution in [3.05, 3.63) is 0 Å². The number of rotatable bonds is 12. The van der Waals surface area contributed by atoms with Crippen molar-refractivity contribution in [3.63, 3.8) is 0 Å². The van der Waals surface area contributed by atoms with Gasteiger partial charge in [-0.1, -0.05) is 0 Å². The fourth-order valence-electron chi connectivity index (χ4n) is 1.87. The smallest absolute Gasteiger partial charge is 0.326 e. The molecule has 13 nitrogen and oxygen atoms in total. The Bertz CT molecular complexity index is 637. The van der Waals surface area contributed by atoms with Gasteiger partial charge in [0, 0.05) is 6.42 Å². The summed E-state index contributed by atoms with van der Waals surface area (Å²) < 4.78 is 0. The van der Waals surface area contributed by atoms with Crippen molar-refractivity contribution in [1.82, 2.24) is 16.0 Å². The van der Waals surface area contributed by atoms with Crippen LogP contribution in [0.5, 0.6) is 0 Å². The van der Waals surface area contributed by atoms with Crippen LogP contribution >= 0.6 is 0 Å². The van der Waals surface area contributed by atoms with Crippen LogP contribution in [-0.2, 0) is 28.8 Å². The Labute approximate surface area is 159 Å².